The van der Waals surface area contributed by atoms with E-state index in [9.17, 15) is 19.3 Å². The SMILES string of the molecule is Cc1cc2c(o1)CC(C)(C)CC2NC(=O)c1cc(F)cc([N+](=O)[O-])c1N. The molecule has 2 aromatic rings. The van der Waals surface area contributed by atoms with Crippen molar-refractivity contribution in [1.29, 1.82) is 0 Å². The molecule has 1 aromatic heterocycles. The summed E-state index contributed by atoms with van der Waals surface area (Å²) in [5.74, 6) is 0.00701. The smallest absolute Gasteiger partial charge is 0.295 e. The second kappa shape index (κ2) is 6.12. The first-order valence-electron chi connectivity index (χ1n) is 8.21. The number of aryl methyl sites for hydroxylation is 1. The molecule has 1 heterocycles. The Kier molecular flexibility index (Phi) is 4.21. The highest BCUT2D eigenvalue weighted by Gasteiger charge is 2.36. The van der Waals surface area contributed by atoms with Gasteiger partial charge in [-0.3, -0.25) is 14.9 Å². The summed E-state index contributed by atoms with van der Waals surface area (Å²) in [4.78, 5) is 22.9. The normalized spacial score (nSPS) is 18.2. The minimum Gasteiger partial charge on any atom is -0.466 e. The fourth-order valence-electron chi connectivity index (χ4n) is 3.49. The average Bonchev–Trinajstić information content (AvgIpc) is 2.87. The monoisotopic (exact) mass is 361 g/mol. The zero-order chi connectivity index (χ0) is 19.2. The number of rotatable bonds is 3. The van der Waals surface area contributed by atoms with Crippen molar-refractivity contribution < 1.29 is 18.5 Å². The number of amides is 1. The Hall–Kier alpha value is -2.90. The van der Waals surface area contributed by atoms with E-state index in [0.717, 1.165) is 29.6 Å². The number of furan rings is 1. The molecule has 1 atom stereocenters. The van der Waals surface area contributed by atoms with Gasteiger partial charge in [0.2, 0.25) is 0 Å². The third-order valence-corrected chi connectivity index (χ3v) is 4.61. The topological polar surface area (TPSA) is 111 Å². The number of hydrogen-bond acceptors (Lipinski definition) is 5. The van der Waals surface area contributed by atoms with Crippen molar-refractivity contribution in [1.82, 2.24) is 5.32 Å². The molecular formula is C18H20FN3O4. The summed E-state index contributed by atoms with van der Waals surface area (Å²) >= 11 is 0. The van der Waals surface area contributed by atoms with Crippen LogP contribution in [0.5, 0.6) is 0 Å². The van der Waals surface area contributed by atoms with Crippen LogP contribution in [0.1, 0.15) is 53.8 Å². The summed E-state index contributed by atoms with van der Waals surface area (Å²) in [6.45, 7) is 5.96. The van der Waals surface area contributed by atoms with E-state index in [1.165, 1.54) is 0 Å². The Labute approximate surface area is 149 Å². The number of nitro groups is 1. The van der Waals surface area contributed by atoms with E-state index < -0.39 is 22.3 Å². The summed E-state index contributed by atoms with van der Waals surface area (Å²) in [6.07, 6.45) is 1.40. The van der Waals surface area contributed by atoms with Crippen molar-refractivity contribution in [3.8, 4) is 0 Å². The Morgan fingerprint density at radius 1 is 1.42 bits per heavy atom. The van der Waals surface area contributed by atoms with Gasteiger partial charge in [0.15, 0.2) is 0 Å². The predicted octanol–water partition coefficient (Wildman–Crippen LogP) is 3.66. The molecule has 3 rings (SSSR count). The van der Waals surface area contributed by atoms with Gasteiger partial charge in [-0.25, -0.2) is 4.39 Å². The molecule has 0 fully saturated rings. The van der Waals surface area contributed by atoms with Crippen LogP contribution in [0.25, 0.3) is 0 Å². The number of carbonyl (C=O) groups is 1. The summed E-state index contributed by atoms with van der Waals surface area (Å²) < 4.78 is 19.4. The van der Waals surface area contributed by atoms with Crippen molar-refractivity contribution in [3.63, 3.8) is 0 Å². The third-order valence-electron chi connectivity index (χ3n) is 4.61. The highest BCUT2D eigenvalue weighted by atomic mass is 19.1. The first kappa shape index (κ1) is 17.9. The molecule has 1 aromatic carbocycles. The number of nitrogens with zero attached hydrogens (tertiary/aromatic N) is 1. The maximum Gasteiger partial charge on any atom is 0.295 e. The van der Waals surface area contributed by atoms with E-state index in [2.05, 4.69) is 19.2 Å². The van der Waals surface area contributed by atoms with E-state index in [1.54, 1.807) is 0 Å². The molecule has 138 valence electrons. The Bertz CT molecular complexity index is 904. The molecule has 1 amide bonds. The lowest BCUT2D eigenvalue weighted by Crippen LogP contribution is -2.36. The van der Waals surface area contributed by atoms with E-state index in [1.807, 2.05) is 13.0 Å². The fourth-order valence-corrected chi connectivity index (χ4v) is 3.49. The molecule has 0 saturated carbocycles. The quantitative estimate of drug-likeness (QED) is 0.492. The minimum atomic E-state index is -0.889. The number of hydrogen-bond donors (Lipinski definition) is 2. The molecule has 1 aliphatic carbocycles. The van der Waals surface area contributed by atoms with Crippen molar-refractivity contribution >= 4 is 17.3 Å². The van der Waals surface area contributed by atoms with Crippen LogP contribution in [0, 0.1) is 28.3 Å². The number of fused-ring (bicyclic) bond motifs is 1. The molecule has 7 nitrogen and oxygen atoms in total. The van der Waals surface area contributed by atoms with Gasteiger partial charge in [-0.1, -0.05) is 13.8 Å². The minimum absolute atomic E-state index is 0.102. The highest BCUT2D eigenvalue weighted by Crippen LogP contribution is 2.42. The van der Waals surface area contributed by atoms with Crippen molar-refractivity contribution in [2.24, 2.45) is 5.41 Å². The van der Waals surface area contributed by atoms with Gasteiger partial charge in [0.05, 0.1) is 22.6 Å². The number of nitrogens with two attached hydrogens (primary N) is 1. The van der Waals surface area contributed by atoms with Gasteiger partial charge in [-0.15, -0.1) is 0 Å². The molecular weight excluding hydrogens is 341 g/mol. The first-order chi connectivity index (χ1) is 12.1. The second-order valence-corrected chi connectivity index (χ2v) is 7.45. The average molecular weight is 361 g/mol. The molecule has 1 aliphatic rings. The highest BCUT2D eigenvalue weighted by molar-refractivity contribution is 6.01. The number of anilines is 1. The molecule has 0 spiro atoms. The standard InChI is InChI=1S/C18H20FN3O4/c1-9-4-11-13(7-18(2,3)8-15(11)26-9)21-17(23)12-5-10(19)6-14(16(12)20)22(24)25/h4-6,13H,7-8,20H2,1-3H3,(H,21,23). The van der Waals surface area contributed by atoms with Crippen molar-refractivity contribution in [2.45, 2.75) is 39.7 Å². The van der Waals surface area contributed by atoms with Gasteiger partial charge in [0, 0.05) is 12.0 Å². The zero-order valence-corrected chi connectivity index (χ0v) is 14.8. The fraction of sp³-hybridized carbons (Fsp3) is 0.389. The maximum absolute atomic E-state index is 13.7. The Morgan fingerprint density at radius 2 is 2.12 bits per heavy atom. The third kappa shape index (κ3) is 3.26. The lowest BCUT2D eigenvalue weighted by molar-refractivity contribution is -0.384. The number of benzene rings is 1. The van der Waals surface area contributed by atoms with Crippen LogP contribution in [-0.4, -0.2) is 10.8 Å². The van der Waals surface area contributed by atoms with Gasteiger partial charge >= 0.3 is 0 Å². The lowest BCUT2D eigenvalue weighted by Gasteiger charge is -2.34. The number of carbonyl (C=O) groups excluding carboxylic acids is 1. The van der Waals surface area contributed by atoms with Crippen LogP contribution < -0.4 is 11.1 Å². The Morgan fingerprint density at radius 3 is 2.77 bits per heavy atom. The van der Waals surface area contributed by atoms with Gasteiger partial charge in [-0.2, -0.15) is 0 Å². The molecule has 1 unspecified atom stereocenters. The molecule has 26 heavy (non-hydrogen) atoms. The molecule has 0 bridgehead atoms. The van der Waals surface area contributed by atoms with E-state index in [0.29, 0.717) is 12.5 Å². The van der Waals surface area contributed by atoms with Gasteiger partial charge in [-0.05, 0) is 30.9 Å². The zero-order valence-electron chi connectivity index (χ0n) is 14.8. The lowest BCUT2D eigenvalue weighted by atomic mass is 9.74. The summed E-state index contributed by atoms with van der Waals surface area (Å²) in [7, 11) is 0. The molecule has 8 heteroatoms. The van der Waals surface area contributed by atoms with Crippen LogP contribution in [0.2, 0.25) is 0 Å². The second-order valence-electron chi connectivity index (χ2n) is 7.45. The number of nitrogens with one attached hydrogen (secondary N) is 1. The first-order valence-corrected chi connectivity index (χ1v) is 8.21. The van der Waals surface area contributed by atoms with Crippen LogP contribution in [0.3, 0.4) is 0 Å². The predicted molar refractivity (Wildman–Crippen MR) is 93.2 cm³/mol. The van der Waals surface area contributed by atoms with Crippen LogP contribution >= 0.6 is 0 Å². The van der Waals surface area contributed by atoms with Gasteiger partial charge < -0.3 is 15.5 Å². The van der Waals surface area contributed by atoms with Gasteiger partial charge in [0.25, 0.3) is 11.6 Å². The molecule has 3 N–H and O–H groups in total. The Balaban J connectivity index is 1.95. The van der Waals surface area contributed by atoms with E-state index in [-0.39, 0.29) is 22.7 Å². The van der Waals surface area contributed by atoms with E-state index >= 15 is 0 Å². The van der Waals surface area contributed by atoms with Crippen LogP contribution in [0.4, 0.5) is 15.8 Å². The van der Waals surface area contributed by atoms with Crippen molar-refractivity contribution in [2.75, 3.05) is 5.73 Å². The summed E-state index contributed by atoms with van der Waals surface area (Å²) in [5, 5.41) is 13.8. The van der Waals surface area contributed by atoms with Crippen LogP contribution in [-0.2, 0) is 6.42 Å². The summed E-state index contributed by atoms with van der Waals surface area (Å²) in [6, 6.07) is 3.13. The maximum atomic E-state index is 13.7. The number of halogens is 1. The van der Waals surface area contributed by atoms with Crippen molar-refractivity contribution in [3.05, 3.63) is 56.8 Å². The summed E-state index contributed by atoms with van der Waals surface area (Å²) in [5.41, 5.74) is 5.27. The van der Waals surface area contributed by atoms with E-state index in [4.69, 9.17) is 10.2 Å². The number of nitrogen functional groups attached to an aromatic ring is 1. The molecule has 0 radical (unpaired) electrons. The largest absolute Gasteiger partial charge is 0.466 e. The van der Waals surface area contributed by atoms with Crippen LogP contribution in [0.15, 0.2) is 22.6 Å². The molecule has 0 saturated heterocycles. The molecule has 0 aliphatic heterocycles. The van der Waals surface area contributed by atoms with Gasteiger partial charge in [0.1, 0.15) is 23.0 Å². The number of nitro benzene ring substituents is 1.